The van der Waals surface area contributed by atoms with Gasteiger partial charge in [-0.1, -0.05) is 0 Å². The third-order valence-corrected chi connectivity index (χ3v) is 5.59. The van der Waals surface area contributed by atoms with Gasteiger partial charge in [0.25, 0.3) is 0 Å². The van der Waals surface area contributed by atoms with Crippen LogP contribution in [0.15, 0.2) is 23.1 Å². The van der Waals surface area contributed by atoms with Crippen LogP contribution in [-0.2, 0) is 21.2 Å². The van der Waals surface area contributed by atoms with E-state index in [1.54, 1.807) is 37.2 Å². The van der Waals surface area contributed by atoms with Gasteiger partial charge in [-0.3, -0.25) is 4.79 Å². The van der Waals surface area contributed by atoms with E-state index < -0.39 is 10.0 Å². The number of anilines is 1. The van der Waals surface area contributed by atoms with Crippen molar-refractivity contribution in [3.05, 3.63) is 23.8 Å². The molecule has 0 spiro atoms. The Hall–Kier alpha value is -1.44. The summed E-state index contributed by atoms with van der Waals surface area (Å²) in [6.07, 6.45) is 1.01. The minimum atomic E-state index is -3.50. The molecule has 0 saturated carbocycles. The molecule has 1 heterocycles. The van der Waals surface area contributed by atoms with Crippen molar-refractivity contribution in [3.8, 4) is 0 Å². The number of benzene rings is 1. The predicted molar refractivity (Wildman–Crippen MR) is 81.9 cm³/mol. The molecule has 0 saturated heterocycles. The number of rotatable bonds is 6. The lowest BCUT2D eigenvalue weighted by molar-refractivity contribution is -0.117. The highest BCUT2D eigenvalue weighted by Crippen LogP contribution is 2.30. The van der Waals surface area contributed by atoms with Crippen LogP contribution in [0.5, 0.6) is 0 Å². The highest BCUT2D eigenvalue weighted by atomic mass is 32.2. The summed E-state index contributed by atoms with van der Waals surface area (Å²) in [6, 6.07) is 4.88. The molecule has 116 valence electrons. The molecular formula is C14H21N3O3S. The van der Waals surface area contributed by atoms with Crippen molar-refractivity contribution in [2.75, 3.05) is 39.1 Å². The number of likely N-dealkylation sites (N-methyl/N-ethyl adjacent to an activating group) is 1. The Balaban J connectivity index is 2.22. The molecule has 0 radical (unpaired) electrons. The van der Waals surface area contributed by atoms with E-state index in [2.05, 4.69) is 5.32 Å². The highest BCUT2D eigenvalue weighted by molar-refractivity contribution is 7.89. The molecule has 0 fully saturated rings. The molecule has 1 aromatic rings. The van der Waals surface area contributed by atoms with Crippen molar-refractivity contribution in [1.82, 2.24) is 9.62 Å². The standard InChI is InChI=1S/C14H21N3O3S/c1-15-7-4-8-16(2)21(19,20)12-5-6-13-11(9-12)10-14(18)17(13)3/h5-6,9,15H,4,7-8,10H2,1-3H3. The van der Waals surface area contributed by atoms with Crippen molar-refractivity contribution >= 4 is 21.6 Å². The fraction of sp³-hybridized carbons (Fsp3) is 0.500. The van der Waals surface area contributed by atoms with Gasteiger partial charge in [0, 0.05) is 26.3 Å². The molecular weight excluding hydrogens is 290 g/mol. The van der Waals surface area contributed by atoms with Gasteiger partial charge < -0.3 is 10.2 Å². The normalized spacial score (nSPS) is 14.9. The van der Waals surface area contributed by atoms with Crippen molar-refractivity contribution in [2.24, 2.45) is 0 Å². The van der Waals surface area contributed by atoms with Gasteiger partial charge in [-0.05, 0) is 43.8 Å². The lowest BCUT2D eigenvalue weighted by Gasteiger charge is -2.18. The Bertz CT molecular complexity index is 643. The third-order valence-electron chi connectivity index (χ3n) is 3.74. The van der Waals surface area contributed by atoms with Crippen LogP contribution in [-0.4, -0.2) is 52.9 Å². The average molecular weight is 311 g/mol. The molecule has 21 heavy (non-hydrogen) atoms. The molecule has 0 bridgehead atoms. The first kappa shape index (κ1) is 15.9. The Labute approximate surface area is 125 Å². The van der Waals surface area contributed by atoms with Gasteiger partial charge in [0.15, 0.2) is 0 Å². The van der Waals surface area contributed by atoms with Gasteiger partial charge in [0.2, 0.25) is 15.9 Å². The maximum Gasteiger partial charge on any atom is 0.242 e. The van der Waals surface area contributed by atoms with Gasteiger partial charge >= 0.3 is 0 Å². The smallest absolute Gasteiger partial charge is 0.242 e. The number of hydrogen-bond donors (Lipinski definition) is 1. The summed E-state index contributed by atoms with van der Waals surface area (Å²) in [7, 11) is 1.62. The maximum atomic E-state index is 12.5. The molecule has 0 unspecified atom stereocenters. The second kappa shape index (κ2) is 6.13. The van der Waals surface area contributed by atoms with Crippen LogP contribution in [0.4, 0.5) is 5.69 Å². The van der Waals surface area contributed by atoms with E-state index >= 15 is 0 Å². The molecule has 1 aliphatic rings. The molecule has 2 rings (SSSR count). The number of sulfonamides is 1. The first-order valence-electron chi connectivity index (χ1n) is 6.88. The van der Waals surface area contributed by atoms with E-state index in [-0.39, 0.29) is 17.2 Å². The quantitative estimate of drug-likeness (QED) is 0.774. The first-order chi connectivity index (χ1) is 9.87. The van der Waals surface area contributed by atoms with Crippen LogP contribution < -0.4 is 10.2 Å². The SMILES string of the molecule is CNCCCN(C)S(=O)(=O)c1ccc2c(c1)CC(=O)N2C. The number of amides is 1. The van der Waals surface area contributed by atoms with E-state index in [1.165, 1.54) is 4.31 Å². The van der Waals surface area contributed by atoms with Crippen LogP contribution in [0.2, 0.25) is 0 Å². The predicted octanol–water partition coefficient (Wildman–Crippen LogP) is 0.435. The summed E-state index contributed by atoms with van der Waals surface area (Å²) in [5, 5.41) is 2.99. The summed E-state index contributed by atoms with van der Waals surface area (Å²) in [4.78, 5) is 13.5. The molecule has 1 amide bonds. The third kappa shape index (κ3) is 3.09. The highest BCUT2D eigenvalue weighted by Gasteiger charge is 2.27. The number of nitrogens with zero attached hydrogens (tertiary/aromatic N) is 2. The zero-order valence-electron chi connectivity index (χ0n) is 12.6. The Morgan fingerprint density at radius 2 is 2.10 bits per heavy atom. The lowest BCUT2D eigenvalue weighted by Crippen LogP contribution is -2.29. The average Bonchev–Trinajstić information content (AvgIpc) is 2.73. The monoisotopic (exact) mass is 311 g/mol. The van der Waals surface area contributed by atoms with Crippen molar-refractivity contribution in [2.45, 2.75) is 17.7 Å². The molecule has 0 atom stereocenters. The van der Waals surface area contributed by atoms with Crippen molar-refractivity contribution in [3.63, 3.8) is 0 Å². The molecule has 1 N–H and O–H groups in total. The maximum absolute atomic E-state index is 12.5. The van der Waals surface area contributed by atoms with E-state index in [1.807, 2.05) is 7.05 Å². The van der Waals surface area contributed by atoms with Gasteiger partial charge in [-0.2, -0.15) is 0 Å². The number of fused-ring (bicyclic) bond motifs is 1. The van der Waals surface area contributed by atoms with Gasteiger partial charge in [0.05, 0.1) is 11.3 Å². The molecule has 1 aromatic carbocycles. The van der Waals surface area contributed by atoms with E-state index in [4.69, 9.17) is 0 Å². The van der Waals surface area contributed by atoms with Crippen LogP contribution in [0.1, 0.15) is 12.0 Å². The molecule has 1 aliphatic heterocycles. The summed E-state index contributed by atoms with van der Waals surface area (Å²) in [5.74, 6) is -0.0121. The fourth-order valence-corrected chi connectivity index (χ4v) is 3.65. The number of carbonyl (C=O) groups excluding carboxylic acids is 1. The minimum absolute atomic E-state index is 0.0121. The summed E-state index contributed by atoms with van der Waals surface area (Å²) in [6.45, 7) is 1.22. The molecule has 0 aliphatic carbocycles. The summed E-state index contributed by atoms with van der Waals surface area (Å²) in [5.41, 5.74) is 1.56. The van der Waals surface area contributed by atoms with E-state index in [9.17, 15) is 13.2 Å². The van der Waals surface area contributed by atoms with Crippen LogP contribution in [0.25, 0.3) is 0 Å². The second-order valence-electron chi connectivity index (χ2n) is 5.20. The fourth-order valence-electron chi connectivity index (χ4n) is 2.39. The van der Waals surface area contributed by atoms with Crippen LogP contribution in [0.3, 0.4) is 0 Å². The second-order valence-corrected chi connectivity index (χ2v) is 7.25. The van der Waals surface area contributed by atoms with Crippen molar-refractivity contribution < 1.29 is 13.2 Å². The summed E-state index contributed by atoms with van der Waals surface area (Å²) < 4.78 is 26.3. The van der Waals surface area contributed by atoms with Crippen molar-refractivity contribution in [1.29, 1.82) is 0 Å². The Kier molecular flexibility index (Phi) is 4.65. The molecule has 6 nitrogen and oxygen atoms in total. The van der Waals surface area contributed by atoms with Gasteiger partial charge in [0.1, 0.15) is 0 Å². The first-order valence-corrected chi connectivity index (χ1v) is 8.32. The van der Waals surface area contributed by atoms with Crippen LogP contribution in [0, 0.1) is 0 Å². The number of hydrogen-bond acceptors (Lipinski definition) is 4. The zero-order chi connectivity index (χ0) is 15.6. The van der Waals surface area contributed by atoms with Crippen LogP contribution >= 0.6 is 0 Å². The minimum Gasteiger partial charge on any atom is -0.320 e. The molecule has 0 aromatic heterocycles. The van der Waals surface area contributed by atoms with E-state index in [0.29, 0.717) is 6.54 Å². The van der Waals surface area contributed by atoms with Gasteiger partial charge in [-0.15, -0.1) is 0 Å². The number of nitrogens with one attached hydrogen (secondary N) is 1. The lowest BCUT2D eigenvalue weighted by atomic mass is 10.2. The topological polar surface area (TPSA) is 69.7 Å². The molecule has 7 heteroatoms. The van der Waals surface area contributed by atoms with Gasteiger partial charge in [-0.25, -0.2) is 12.7 Å². The largest absolute Gasteiger partial charge is 0.320 e. The van der Waals surface area contributed by atoms with E-state index in [0.717, 1.165) is 24.2 Å². The summed E-state index contributed by atoms with van der Waals surface area (Å²) >= 11 is 0. The number of carbonyl (C=O) groups is 1. The Morgan fingerprint density at radius 3 is 2.76 bits per heavy atom. The zero-order valence-corrected chi connectivity index (χ0v) is 13.4. The Morgan fingerprint density at radius 1 is 1.38 bits per heavy atom.